The molecule has 3 aliphatic carbocycles. The van der Waals surface area contributed by atoms with Crippen molar-refractivity contribution in [2.75, 3.05) is 0 Å². The van der Waals surface area contributed by atoms with Gasteiger partial charge >= 0.3 is 5.97 Å². The Morgan fingerprint density at radius 1 is 1.26 bits per heavy atom. The van der Waals surface area contributed by atoms with Crippen LogP contribution in [0.5, 0.6) is 0 Å². The van der Waals surface area contributed by atoms with E-state index >= 15 is 0 Å². The number of hydrogen-bond acceptors (Lipinski definition) is 2. The van der Waals surface area contributed by atoms with E-state index in [4.69, 9.17) is 4.74 Å². The van der Waals surface area contributed by atoms with Crippen LogP contribution in [0.4, 0.5) is 0 Å². The molecule has 4 unspecified atom stereocenters. The first-order chi connectivity index (χ1) is 9.14. The second-order valence-corrected chi connectivity index (χ2v) is 7.28. The summed E-state index contributed by atoms with van der Waals surface area (Å²) in [6.07, 6.45) is 11.2. The van der Waals surface area contributed by atoms with Crippen molar-refractivity contribution in [2.24, 2.45) is 23.7 Å². The third-order valence-corrected chi connectivity index (χ3v) is 6.18. The van der Waals surface area contributed by atoms with Crippen LogP contribution in [-0.2, 0) is 9.53 Å². The van der Waals surface area contributed by atoms with Gasteiger partial charge in [0.25, 0.3) is 0 Å². The molecule has 0 aromatic heterocycles. The molecule has 0 heterocycles. The summed E-state index contributed by atoms with van der Waals surface area (Å²) in [5.41, 5.74) is -0.0691. The molecule has 0 aromatic carbocycles. The van der Waals surface area contributed by atoms with E-state index in [0.717, 1.165) is 31.1 Å². The Kier molecular flexibility index (Phi) is 3.61. The molecular formula is C17H28O2. The molecule has 0 aliphatic heterocycles. The van der Waals surface area contributed by atoms with Crippen LogP contribution in [0.15, 0.2) is 0 Å². The normalized spacial score (nSPS) is 37.5. The molecule has 3 aliphatic rings. The molecule has 2 nitrogen and oxygen atoms in total. The Morgan fingerprint density at radius 3 is 2.53 bits per heavy atom. The molecule has 3 rings (SSSR count). The molecule has 2 bridgehead atoms. The Morgan fingerprint density at radius 2 is 2.00 bits per heavy atom. The lowest BCUT2D eigenvalue weighted by atomic mass is 9.75. The molecule has 0 saturated heterocycles. The predicted molar refractivity (Wildman–Crippen MR) is 75.7 cm³/mol. The summed E-state index contributed by atoms with van der Waals surface area (Å²) in [5, 5.41) is 0. The molecular weight excluding hydrogens is 236 g/mol. The van der Waals surface area contributed by atoms with Crippen molar-refractivity contribution >= 4 is 5.97 Å². The van der Waals surface area contributed by atoms with Gasteiger partial charge in [-0.2, -0.15) is 0 Å². The second-order valence-electron chi connectivity index (χ2n) is 7.28. The Hall–Kier alpha value is -0.530. The van der Waals surface area contributed by atoms with E-state index in [0.29, 0.717) is 5.92 Å². The summed E-state index contributed by atoms with van der Waals surface area (Å²) in [7, 11) is 0. The van der Waals surface area contributed by atoms with E-state index in [-0.39, 0.29) is 17.5 Å². The van der Waals surface area contributed by atoms with Crippen LogP contribution in [0.2, 0.25) is 0 Å². The van der Waals surface area contributed by atoms with Crippen molar-refractivity contribution in [1.29, 1.82) is 0 Å². The van der Waals surface area contributed by atoms with Crippen molar-refractivity contribution < 1.29 is 9.53 Å². The summed E-state index contributed by atoms with van der Waals surface area (Å²) in [6, 6.07) is 0. The lowest BCUT2D eigenvalue weighted by molar-refractivity contribution is -0.173. The number of hydrogen-bond donors (Lipinski definition) is 0. The van der Waals surface area contributed by atoms with Gasteiger partial charge in [-0.3, -0.25) is 4.79 Å². The molecule has 0 amide bonds. The van der Waals surface area contributed by atoms with Gasteiger partial charge in [0.15, 0.2) is 0 Å². The third-order valence-electron chi connectivity index (χ3n) is 6.18. The topological polar surface area (TPSA) is 26.3 Å². The number of ether oxygens (including phenoxy) is 1. The van der Waals surface area contributed by atoms with Crippen LogP contribution >= 0.6 is 0 Å². The lowest BCUT2D eigenvalue weighted by Crippen LogP contribution is -2.43. The summed E-state index contributed by atoms with van der Waals surface area (Å²) in [4.78, 5) is 12.3. The van der Waals surface area contributed by atoms with Gasteiger partial charge in [-0.15, -0.1) is 0 Å². The molecule has 108 valence electrons. The fourth-order valence-electron chi connectivity index (χ4n) is 4.88. The van der Waals surface area contributed by atoms with Gasteiger partial charge in [0, 0.05) is 5.92 Å². The number of fused-ring (bicyclic) bond motifs is 2. The first-order valence-electron chi connectivity index (χ1n) is 8.37. The van der Waals surface area contributed by atoms with E-state index in [2.05, 4.69) is 6.92 Å². The smallest absolute Gasteiger partial charge is 0.309 e. The summed E-state index contributed by atoms with van der Waals surface area (Å²) in [6.45, 7) is 4.08. The maximum absolute atomic E-state index is 12.3. The summed E-state index contributed by atoms with van der Waals surface area (Å²) >= 11 is 0. The average molecular weight is 264 g/mol. The molecule has 3 saturated carbocycles. The standard InChI is InChI=1S/C17H28O2/c1-3-12(2)16(18)19-17(8-4-5-9-17)15-11-13-6-7-14(15)10-13/h12-15H,3-11H2,1-2H3. The number of carbonyl (C=O) groups is 1. The Balaban J connectivity index is 1.74. The molecule has 3 fully saturated rings. The maximum atomic E-state index is 12.3. The summed E-state index contributed by atoms with van der Waals surface area (Å²) < 4.78 is 6.15. The van der Waals surface area contributed by atoms with Crippen LogP contribution in [0, 0.1) is 23.7 Å². The van der Waals surface area contributed by atoms with E-state index in [9.17, 15) is 4.79 Å². The first kappa shape index (κ1) is 13.5. The Labute approximate surface area is 117 Å². The van der Waals surface area contributed by atoms with Crippen molar-refractivity contribution in [2.45, 2.75) is 77.2 Å². The SMILES string of the molecule is CCC(C)C(=O)OC1(C2CC3CCC2C3)CCCC1. The van der Waals surface area contributed by atoms with Gasteiger partial charge in [-0.1, -0.05) is 20.3 Å². The highest BCUT2D eigenvalue weighted by Crippen LogP contribution is 2.57. The monoisotopic (exact) mass is 264 g/mol. The zero-order valence-electron chi connectivity index (χ0n) is 12.5. The van der Waals surface area contributed by atoms with Crippen molar-refractivity contribution in [3.05, 3.63) is 0 Å². The Bertz CT molecular complexity index is 343. The molecule has 2 heteroatoms. The van der Waals surface area contributed by atoms with Gasteiger partial charge < -0.3 is 4.74 Å². The first-order valence-corrected chi connectivity index (χ1v) is 8.37. The van der Waals surface area contributed by atoms with Crippen LogP contribution in [0.1, 0.15) is 71.6 Å². The molecule has 0 spiro atoms. The van der Waals surface area contributed by atoms with Gasteiger partial charge in [0.2, 0.25) is 0 Å². The van der Waals surface area contributed by atoms with Crippen LogP contribution in [0.25, 0.3) is 0 Å². The highest BCUT2D eigenvalue weighted by molar-refractivity contribution is 5.72. The molecule has 0 aromatic rings. The number of esters is 1. The van der Waals surface area contributed by atoms with E-state index in [1.165, 1.54) is 38.5 Å². The second kappa shape index (κ2) is 5.10. The number of rotatable bonds is 4. The molecule has 0 N–H and O–H groups in total. The minimum Gasteiger partial charge on any atom is -0.459 e. The highest BCUT2D eigenvalue weighted by Gasteiger charge is 2.53. The predicted octanol–water partition coefficient (Wildman–Crippen LogP) is 4.32. The zero-order valence-corrected chi connectivity index (χ0v) is 12.5. The quantitative estimate of drug-likeness (QED) is 0.707. The third kappa shape index (κ3) is 2.32. The fourth-order valence-corrected chi connectivity index (χ4v) is 4.88. The summed E-state index contributed by atoms with van der Waals surface area (Å²) in [5.74, 6) is 2.60. The van der Waals surface area contributed by atoms with Gasteiger partial charge in [0.05, 0.1) is 5.92 Å². The molecule has 19 heavy (non-hydrogen) atoms. The van der Waals surface area contributed by atoms with Gasteiger partial charge in [-0.25, -0.2) is 0 Å². The largest absolute Gasteiger partial charge is 0.459 e. The van der Waals surface area contributed by atoms with Crippen LogP contribution in [-0.4, -0.2) is 11.6 Å². The molecule has 4 atom stereocenters. The van der Waals surface area contributed by atoms with Crippen molar-refractivity contribution in [3.63, 3.8) is 0 Å². The number of carbonyl (C=O) groups excluding carboxylic acids is 1. The van der Waals surface area contributed by atoms with E-state index in [1.54, 1.807) is 0 Å². The zero-order chi connectivity index (χ0) is 13.5. The minimum absolute atomic E-state index is 0.0622. The highest BCUT2D eigenvalue weighted by atomic mass is 16.6. The van der Waals surface area contributed by atoms with E-state index in [1.807, 2.05) is 6.92 Å². The minimum atomic E-state index is -0.0691. The van der Waals surface area contributed by atoms with Gasteiger partial charge in [-0.05, 0) is 63.2 Å². The van der Waals surface area contributed by atoms with Crippen molar-refractivity contribution in [3.8, 4) is 0 Å². The van der Waals surface area contributed by atoms with Crippen molar-refractivity contribution in [1.82, 2.24) is 0 Å². The lowest BCUT2D eigenvalue weighted by Gasteiger charge is -2.40. The molecule has 0 radical (unpaired) electrons. The average Bonchev–Trinajstić information content (AvgIpc) is 3.13. The fraction of sp³-hybridized carbons (Fsp3) is 0.941. The maximum Gasteiger partial charge on any atom is 0.309 e. The van der Waals surface area contributed by atoms with Crippen LogP contribution in [0.3, 0.4) is 0 Å². The van der Waals surface area contributed by atoms with Gasteiger partial charge in [0.1, 0.15) is 5.60 Å². The van der Waals surface area contributed by atoms with E-state index < -0.39 is 0 Å². The van der Waals surface area contributed by atoms with Crippen LogP contribution < -0.4 is 0 Å².